The second-order valence-corrected chi connectivity index (χ2v) is 6.85. The quantitative estimate of drug-likeness (QED) is 0.578. The van der Waals surface area contributed by atoms with Gasteiger partial charge in [0.15, 0.2) is 5.82 Å². The molecule has 0 amide bonds. The number of H-pyrrole nitrogens is 1. The number of nitrogens with one attached hydrogen (secondary N) is 2. The van der Waals surface area contributed by atoms with E-state index in [1.165, 1.54) is 5.69 Å². The van der Waals surface area contributed by atoms with Gasteiger partial charge in [0.1, 0.15) is 17.4 Å². The standard InChI is InChI=1S/C20H22N6O/c1-2-25-8-10-26(11-9-25)17-13-27-18-12-14(5-6-15(17)18)22-20-19-16(23-24-20)4-3-7-21-19/h3-7,12-13H,2,8-11H2,1H3,(H2,22,23,24). The van der Waals surface area contributed by atoms with E-state index in [1.807, 2.05) is 24.5 Å². The molecule has 1 aromatic carbocycles. The zero-order valence-corrected chi connectivity index (χ0v) is 15.3. The summed E-state index contributed by atoms with van der Waals surface area (Å²) in [6.45, 7) is 7.60. The zero-order valence-electron chi connectivity index (χ0n) is 15.3. The van der Waals surface area contributed by atoms with Gasteiger partial charge in [-0.05, 0) is 30.8 Å². The van der Waals surface area contributed by atoms with Gasteiger partial charge in [-0.3, -0.25) is 10.1 Å². The first kappa shape index (κ1) is 16.1. The highest BCUT2D eigenvalue weighted by molar-refractivity contribution is 5.94. The summed E-state index contributed by atoms with van der Waals surface area (Å²) in [5, 5.41) is 11.8. The van der Waals surface area contributed by atoms with Crippen LogP contribution in [-0.4, -0.2) is 52.8 Å². The minimum atomic E-state index is 0.715. The highest BCUT2D eigenvalue weighted by Crippen LogP contribution is 2.32. The van der Waals surface area contributed by atoms with Crippen molar-refractivity contribution in [3.63, 3.8) is 0 Å². The van der Waals surface area contributed by atoms with Gasteiger partial charge in [0.25, 0.3) is 0 Å². The van der Waals surface area contributed by atoms with E-state index in [-0.39, 0.29) is 0 Å². The number of furan rings is 1. The normalized spacial score (nSPS) is 15.7. The van der Waals surface area contributed by atoms with Crippen LogP contribution in [0.25, 0.3) is 22.0 Å². The molecule has 0 aliphatic carbocycles. The van der Waals surface area contributed by atoms with E-state index in [0.717, 1.165) is 60.4 Å². The maximum Gasteiger partial charge on any atom is 0.178 e. The average Bonchev–Trinajstić information content (AvgIpc) is 3.32. The lowest BCUT2D eigenvalue weighted by Gasteiger charge is -2.34. The molecule has 7 nitrogen and oxygen atoms in total. The molecule has 5 rings (SSSR count). The maximum atomic E-state index is 5.86. The summed E-state index contributed by atoms with van der Waals surface area (Å²) in [5.74, 6) is 0.715. The van der Waals surface area contributed by atoms with Gasteiger partial charge >= 0.3 is 0 Å². The van der Waals surface area contributed by atoms with E-state index in [4.69, 9.17) is 4.42 Å². The van der Waals surface area contributed by atoms with Gasteiger partial charge in [0.05, 0.1) is 11.2 Å². The van der Waals surface area contributed by atoms with Crippen molar-refractivity contribution in [3.05, 3.63) is 42.8 Å². The number of likely N-dealkylation sites (N-methyl/N-ethyl adjacent to an activating group) is 1. The predicted octanol–water partition coefficient (Wildman–Crippen LogP) is 3.59. The van der Waals surface area contributed by atoms with Gasteiger partial charge in [-0.1, -0.05) is 6.92 Å². The summed E-state index contributed by atoms with van der Waals surface area (Å²) in [4.78, 5) is 9.28. The molecule has 4 aromatic rings. The number of rotatable bonds is 4. The van der Waals surface area contributed by atoms with Crippen LogP contribution in [0, 0.1) is 0 Å². The third-order valence-electron chi connectivity index (χ3n) is 5.30. The molecule has 0 atom stereocenters. The van der Waals surface area contributed by atoms with Crippen molar-refractivity contribution in [1.29, 1.82) is 0 Å². The summed E-state index contributed by atoms with van der Waals surface area (Å²) in [6, 6.07) is 10.0. The largest absolute Gasteiger partial charge is 0.462 e. The number of anilines is 3. The third-order valence-corrected chi connectivity index (χ3v) is 5.30. The summed E-state index contributed by atoms with van der Waals surface area (Å²) in [7, 11) is 0. The van der Waals surface area contributed by atoms with Crippen LogP contribution in [-0.2, 0) is 0 Å². The molecule has 4 heterocycles. The Balaban J connectivity index is 1.40. The molecule has 0 bridgehead atoms. The zero-order chi connectivity index (χ0) is 18.2. The minimum absolute atomic E-state index is 0.715. The van der Waals surface area contributed by atoms with Gasteiger partial charge < -0.3 is 19.5 Å². The molecule has 27 heavy (non-hydrogen) atoms. The summed E-state index contributed by atoms with van der Waals surface area (Å²) < 4.78 is 5.86. The number of hydrogen-bond acceptors (Lipinski definition) is 6. The van der Waals surface area contributed by atoms with E-state index < -0.39 is 0 Å². The van der Waals surface area contributed by atoms with Gasteiger partial charge in [-0.15, -0.1) is 0 Å². The number of aromatic amines is 1. The highest BCUT2D eigenvalue weighted by atomic mass is 16.3. The number of fused-ring (bicyclic) bond motifs is 2. The molecule has 1 saturated heterocycles. The predicted molar refractivity (Wildman–Crippen MR) is 108 cm³/mol. The molecule has 1 aliphatic rings. The lowest BCUT2D eigenvalue weighted by atomic mass is 10.2. The second kappa shape index (κ2) is 6.59. The smallest absolute Gasteiger partial charge is 0.178 e. The molecule has 0 unspecified atom stereocenters. The number of hydrogen-bond donors (Lipinski definition) is 2. The fourth-order valence-electron chi connectivity index (χ4n) is 3.72. The Hall–Kier alpha value is -3.06. The number of aromatic nitrogens is 3. The summed E-state index contributed by atoms with van der Waals surface area (Å²) >= 11 is 0. The van der Waals surface area contributed by atoms with Crippen molar-refractivity contribution in [3.8, 4) is 0 Å². The molecule has 1 aliphatic heterocycles. The van der Waals surface area contributed by atoms with Crippen LogP contribution in [0.5, 0.6) is 0 Å². The Morgan fingerprint density at radius 1 is 1.19 bits per heavy atom. The summed E-state index contributed by atoms with van der Waals surface area (Å²) in [6.07, 6.45) is 3.64. The van der Waals surface area contributed by atoms with Crippen LogP contribution in [0.4, 0.5) is 17.2 Å². The van der Waals surface area contributed by atoms with E-state index in [1.54, 1.807) is 6.20 Å². The van der Waals surface area contributed by atoms with Crippen molar-refractivity contribution in [1.82, 2.24) is 20.1 Å². The van der Waals surface area contributed by atoms with Crippen molar-refractivity contribution >= 4 is 39.2 Å². The Labute approximate surface area is 157 Å². The van der Waals surface area contributed by atoms with Gasteiger partial charge in [0, 0.05) is 49.5 Å². The van der Waals surface area contributed by atoms with Crippen molar-refractivity contribution in [2.45, 2.75) is 6.92 Å². The van der Waals surface area contributed by atoms with Gasteiger partial charge in [-0.25, -0.2) is 0 Å². The van der Waals surface area contributed by atoms with Crippen LogP contribution in [0.1, 0.15) is 6.92 Å². The summed E-state index contributed by atoms with van der Waals surface area (Å²) in [5.41, 5.74) is 4.72. The van der Waals surface area contributed by atoms with Crippen molar-refractivity contribution in [2.24, 2.45) is 0 Å². The van der Waals surface area contributed by atoms with E-state index in [0.29, 0.717) is 5.82 Å². The molecule has 0 radical (unpaired) electrons. The first-order valence-corrected chi connectivity index (χ1v) is 9.36. The number of benzene rings is 1. The monoisotopic (exact) mass is 362 g/mol. The molecule has 3 aromatic heterocycles. The minimum Gasteiger partial charge on any atom is -0.462 e. The fraction of sp³-hybridized carbons (Fsp3) is 0.300. The second-order valence-electron chi connectivity index (χ2n) is 6.85. The average molecular weight is 362 g/mol. The van der Waals surface area contributed by atoms with Crippen molar-refractivity contribution in [2.75, 3.05) is 42.9 Å². The highest BCUT2D eigenvalue weighted by Gasteiger charge is 2.19. The lowest BCUT2D eigenvalue weighted by Crippen LogP contribution is -2.46. The molecular weight excluding hydrogens is 340 g/mol. The van der Waals surface area contributed by atoms with E-state index in [9.17, 15) is 0 Å². The molecule has 2 N–H and O–H groups in total. The number of piperazine rings is 1. The van der Waals surface area contributed by atoms with Crippen LogP contribution in [0.3, 0.4) is 0 Å². The van der Waals surface area contributed by atoms with Crippen LogP contribution in [0.15, 0.2) is 47.2 Å². The topological polar surface area (TPSA) is 73.2 Å². The Morgan fingerprint density at radius 2 is 2.07 bits per heavy atom. The number of pyridine rings is 1. The molecule has 1 fully saturated rings. The first-order chi connectivity index (χ1) is 13.3. The molecular formula is C20H22N6O. The fourth-order valence-corrected chi connectivity index (χ4v) is 3.72. The Morgan fingerprint density at radius 3 is 2.93 bits per heavy atom. The van der Waals surface area contributed by atoms with Gasteiger partial charge in [-0.2, -0.15) is 5.10 Å². The molecule has 0 spiro atoms. The Bertz CT molecular complexity index is 1080. The van der Waals surface area contributed by atoms with Crippen molar-refractivity contribution < 1.29 is 4.42 Å². The first-order valence-electron chi connectivity index (χ1n) is 9.36. The lowest BCUT2D eigenvalue weighted by molar-refractivity contribution is 0.271. The van der Waals surface area contributed by atoms with Crippen LogP contribution < -0.4 is 10.2 Å². The number of nitrogens with zero attached hydrogens (tertiary/aromatic N) is 4. The van der Waals surface area contributed by atoms with Crippen LogP contribution >= 0.6 is 0 Å². The van der Waals surface area contributed by atoms with Crippen LogP contribution in [0.2, 0.25) is 0 Å². The third kappa shape index (κ3) is 2.90. The Kier molecular flexibility index (Phi) is 3.94. The van der Waals surface area contributed by atoms with Gasteiger partial charge in [0.2, 0.25) is 0 Å². The maximum absolute atomic E-state index is 5.86. The molecule has 7 heteroatoms. The van der Waals surface area contributed by atoms with E-state index in [2.05, 4.69) is 49.4 Å². The molecule has 138 valence electrons. The van der Waals surface area contributed by atoms with E-state index >= 15 is 0 Å². The SMILES string of the molecule is CCN1CCN(c2coc3cc(Nc4n[nH]c5cccnc45)ccc23)CC1. The molecule has 0 saturated carbocycles.